The van der Waals surface area contributed by atoms with E-state index in [9.17, 15) is 4.79 Å². The van der Waals surface area contributed by atoms with Crippen molar-refractivity contribution in [2.75, 3.05) is 0 Å². The highest BCUT2D eigenvalue weighted by Gasteiger charge is 2.17. The summed E-state index contributed by atoms with van der Waals surface area (Å²) in [5, 5.41) is 20.7. The van der Waals surface area contributed by atoms with Crippen LogP contribution in [0.1, 0.15) is 24.3 Å². The van der Waals surface area contributed by atoms with Crippen LogP contribution in [0.4, 0.5) is 0 Å². The minimum Gasteiger partial charge on any atom is -0.481 e. The smallest absolute Gasteiger partial charge is 0.312 e. The Morgan fingerprint density at radius 3 is 2.92 bits per heavy atom. The molecule has 12 heavy (non-hydrogen) atoms. The summed E-state index contributed by atoms with van der Waals surface area (Å²) in [7, 11) is 0. The van der Waals surface area contributed by atoms with E-state index in [1.807, 2.05) is 0 Å². The Labute approximate surface area is 68.6 Å². The number of hydrogen-bond donors (Lipinski definition) is 2. The van der Waals surface area contributed by atoms with Crippen LogP contribution in [-0.4, -0.2) is 21.3 Å². The van der Waals surface area contributed by atoms with Crippen LogP contribution < -0.4 is 0 Å². The van der Waals surface area contributed by atoms with Gasteiger partial charge in [0.1, 0.15) is 6.61 Å². The van der Waals surface area contributed by atoms with E-state index in [2.05, 4.69) is 9.68 Å². The van der Waals surface area contributed by atoms with Crippen LogP contribution in [0, 0.1) is 0 Å². The van der Waals surface area contributed by atoms with E-state index in [1.54, 1.807) is 0 Å². The number of carboxylic acid groups (broad SMARTS) is 1. The first-order valence-corrected chi connectivity index (χ1v) is 3.44. The predicted octanol–water partition coefficient (Wildman–Crippen LogP) is 0.355. The van der Waals surface area contributed by atoms with Gasteiger partial charge in [0.2, 0.25) is 0 Å². The molecular formula is C7H9NO4. The molecule has 0 aliphatic rings. The lowest BCUT2D eigenvalue weighted by Crippen LogP contribution is -2.07. The van der Waals surface area contributed by atoms with Crippen molar-refractivity contribution in [3.63, 3.8) is 0 Å². The van der Waals surface area contributed by atoms with Crippen molar-refractivity contribution in [2.24, 2.45) is 0 Å². The van der Waals surface area contributed by atoms with E-state index in [-0.39, 0.29) is 12.4 Å². The monoisotopic (exact) mass is 171 g/mol. The lowest BCUT2D eigenvalue weighted by molar-refractivity contribution is -0.138. The molecule has 1 aromatic rings. The Morgan fingerprint density at radius 1 is 1.83 bits per heavy atom. The molecule has 0 aromatic carbocycles. The molecule has 0 aliphatic carbocycles. The molecule has 5 nitrogen and oxygen atoms in total. The van der Waals surface area contributed by atoms with Gasteiger partial charge in [-0.05, 0) is 6.92 Å². The Kier molecular flexibility index (Phi) is 2.44. The van der Waals surface area contributed by atoms with Crippen molar-refractivity contribution >= 4 is 5.97 Å². The van der Waals surface area contributed by atoms with Crippen molar-refractivity contribution in [3.8, 4) is 0 Å². The van der Waals surface area contributed by atoms with Gasteiger partial charge in [-0.15, -0.1) is 0 Å². The Hall–Kier alpha value is -1.36. The second-order valence-corrected chi connectivity index (χ2v) is 2.44. The fraction of sp³-hybridized carbons (Fsp3) is 0.429. The zero-order valence-corrected chi connectivity index (χ0v) is 6.52. The van der Waals surface area contributed by atoms with Gasteiger partial charge in [-0.1, -0.05) is 5.16 Å². The van der Waals surface area contributed by atoms with Gasteiger partial charge in [-0.25, -0.2) is 0 Å². The Morgan fingerprint density at radius 2 is 2.50 bits per heavy atom. The van der Waals surface area contributed by atoms with Gasteiger partial charge in [0.05, 0.1) is 11.6 Å². The van der Waals surface area contributed by atoms with Gasteiger partial charge in [0.15, 0.2) is 5.76 Å². The minimum absolute atomic E-state index is 0.265. The number of hydrogen-bond acceptors (Lipinski definition) is 4. The molecule has 0 aliphatic heterocycles. The van der Waals surface area contributed by atoms with Crippen molar-refractivity contribution < 1.29 is 19.5 Å². The molecule has 0 spiro atoms. The summed E-state index contributed by atoms with van der Waals surface area (Å²) in [6.07, 6.45) is 0. The van der Waals surface area contributed by atoms with Crippen molar-refractivity contribution in [3.05, 3.63) is 17.5 Å². The standard InChI is InChI=1S/C7H9NO4/c1-4(7(10)11)6-2-5(3-9)12-8-6/h2,4,9H,3H2,1H3,(H,10,11). The topological polar surface area (TPSA) is 83.6 Å². The molecular weight excluding hydrogens is 162 g/mol. The zero-order valence-electron chi connectivity index (χ0n) is 6.52. The quantitative estimate of drug-likeness (QED) is 0.685. The van der Waals surface area contributed by atoms with Gasteiger partial charge < -0.3 is 14.7 Å². The van der Waals surface area contributed by atoms with Gasteiger partial charge in [0, 0.05) is 6.07 Å². The molecule has 1 aromatic heterocycles. The van der Waals surface area contributed by atoms with E-state index in [0.29, 0.717) is 5.69 Å². The first kappa shape index (κ1) is 8.73. The second-order valence-electron chi connectivity index (χ2n) is 2.44. The summed E-state index contributed by atoms with van der Waals surface area (Å²) in [5.41, 5.74) is 0.326. The number of carbonyl (C=O) groups is 1. The molecule has 0 fully saturated rings. The number of aliphatic hydroxyl groups excluding tert-OH is 1. The normalized spacial score (nSPS) is 12.8. The van der Waals surface area contributed by atoms with Crippen LogP contribution in [-0.2, 0) is 11.4 Å². The SMILES string of the molecule is CC(C(=O)O)c1cc(CO)on1. The summed E-state index contributed by atoms with van der Waals surface area (Å²) in [6, 6.07) is 1.43. The first-order chi connectivity index (χ1) is 5.65. The molecule has 1 heterocycles. The largest absolute Gasteiger partial charge is 0.481 e. The van der Waals surface area contributed by atoms with Gasteiger partial charge in [-0.3, -0.25) is 4.79 Å². The number of aliphatic carboxylic acids is 1. The maximum atomic E-state index is 10.5. The number of aliphatic hydroxyl groups is 1. The van der Waals surface area contributed by atoms with Crippen molar-refractivity contribution in [2.45, 2.75) is 19.4 Å². The molecule has 66 valence electrons. The fourth-order valence-electron chi connectivity index (χ4n) is 0.734. The number of rotatable bonds is 3. The number of carboxylic acids is 1. The fourth-order valence-corrected chi connectivity index (χ4v) is 0.734. The van der Waals surface area contributed by atoms with Crippen LogP contribution in [0.15, 0.2) is 10.6 Å². The Bertz CT molecular complexity index is 281. The van der Waals surface area contributed by atoms with E-state index < -0.39 is 11.9 Å². The van der Waals surface area contributed by atoms with Crippen molar-refractivity contribution in [1.82, 2.24) is 5.16 Å². The van der Waals surface area contributed by atoms with Gasteiger partial charge >= 0.3 is 5.97 Å². The van der Waals surface area contributed by atoms with Crippen LogP contribution in [0.25, 0.3) is 0 Å². The third kappa shape index (κ3) is 1.62. The van der Waals surface area contributed by atoms with Crippen LogP contribution >= 0.6 is 0 Å². The van der Waals surface area contributed by atoms with Crippen LogP contribution in [0.5, 0.6) is 0 Å². The average Bonchev–Trinajstić information content (AvgIpc) is 2.50. The lowest BCUT2D eigenvalue weighted by atomic mass is 10.1. The molecule has 0 bridgehead atoms. The van der Waals surface area contributed by atoms with E-state index >= 15 is 0 Å². The lowest BCUT2D eigenvalue weighted by Gasteiger charge is -1.97. The maximum absolute atomic E-state index is 10.5. The molecule has 5 heteroatoms. The van der Waals surface area contributed by atoms with Crippen LogP contribution in [0.2, 0.25) is 0 Å². The first-order valence-electron chi connectivity index (χ1n) is 3.44. The molecule has 1 rings (SSSR count). The molecule has 1 atom stereocenters. The third-order valence-electron chi connectivity index (χ3n) is 1.55. The number of aromatic nitrogens is 1. The predicted molar refractivity (Wildman–Crippen MR) is 38.5 cm³/mol. The molecule has 0 saturated carbocycles. The van der Waals surface area contributed by atoms with E-state index in [4.69, 9.17) is 10.2 Å². The number of nitrogens with zero attached hydrogens (tertiary/aromatic N) is 1. The maximum Gasteiger partial charge on any atom is 0.312 e. The van der Waals surface area contributed by atoms with Crippen molar-refractivity contribution in [1.29, 1.82) is 0 Å². The molecule has 0 radical (unpaired) electrons. The second kappa shape index (κ2) is 3.36. The highest BCUT2D eigenvalue weighted by Crippen LogP contribution is 2.14. The summed E-state index contributed by atoms with van der Waals surface area (Å²) in [5.74, 6) is -1.39. The molecule has 0 amide bonds. The minimum atomic E-state index is -0.965. The molecule has 0 saturated heterocycles. The summed E-state index contributed by atoms with van der Waals surface area (Å²) in [4.78, 5) is 10.5. The summed E-state index contributed by atoms with van der Waals surface area (Å²) < 4.78 is 4.62. The average molecular weight is 171 g/mol. The Balaban J connectivity index is 2.81. The highest BCUT2D eigenvalue weighted by molar-refractivity contribution is 5.74. The molecule has 1 unspecified atom stereocenters. The van der Waals surface area contributed by atoms with E-state index in [0.717, 1.165) is 0 Å². The van der Waals surface area contributed by atoms with Crippen LogP contribution in [0.3, 0.4) is 0 Å². The van der Waals surface area contributed by atoms with Gasteiger partial charge in [-0.2, -0.15) is 0 Å². The third-order valence-corrected chi connectivity index (χ3v) is 1.55. The summed E-state index contributed by atoms with van der Waals surface area (Å²) >= 11 is 0. The highest BCUT2D eigenvalue weighted by atomic mass is 16.5. The molecule has 2 N–H and O–H groups in total. The zero-order chi connectivity index (χ0) is 9.14. The van der Waals surface area contributed by atoms with E-state index in [1.165, 1.54) is 13.0 Å². The van der Waals surface area contributed by atoms with Gasteiger partial charge in [0.25, 0.3) is 0 Å². The summed E-state index contributed by atoms with van der Waals surface area (Å²) in [6.45, 7) is 1.24.